The third-order valence-corrected chi connectivity index (χ3v) is 5.77. The average Bonchev–Trinajstić information content (AvgIpc) is 2.72. The SMILES string of the molecule is COCCC(=O)N1CCC(Oc2ccc(C(=O)N[C@H]3CCOC(C)(C)C3)cc2)CC1. The van der Waals surface area contributed by atoms with Gasteiger partial charge in [0.1, 0.15) is 11.9 Å². The number of ether oxygens (including phenoxy) is 3. The monoisotopic (exact) mass is 418 g/mol. The van der Waals surface area contributed by atoms with Crippen molar-refractivity contribution in [3.63, 3.8) is 0 Å². The molecule has 1 aromatic carbocycles. The zero-order chi connectivity index (χ0) is 21.6. The van der Waals surface area contributed by atoms with Crippen LogP contribution >= 0.6 is 0 Å². The molecule has 0 radical (unpaired) electrons. The Kier molecular flexibility index (Phi) is 7.72. The molecule has 0 spiro atoms. The highest BCUT2D eigenvalue weighted by Gasteiger charge is 2.30. The summed E-state index contributed by atoms with van der Waals surface area (Å²) in [7, 11) is 1.61. The summed E-state index contributed by atoms with van der Waals surface area (Å²) in [6.07, 6.45) is 3.77. The third kappa shape index (κ3) is 6.44. The van der Waals surface area contributed by atoms with Gasteiger partial charge in [0, 0.05) is 51.3 Å². The maximum Gasteiger partial charge on any atom is 0.251 e. The smallest absolute Gasteiger partial charge is 0.251 e. The summed E-state index contributed by atoms with van der Waals surface area (Å²) in [5, 5.41) is 3.12. The number of carbonyl (C=O) groups is 2. The molecule has 0 saturated carbocycles. The van der Waals surface area contributed by atoms with Gasteiger partial charge in [0.2, 0.25) is 5.91 Å². The molecule has 7 heteroatoms. The number of nitrogens with zero attached hydrogens (tertiary/aromatic N) is 1. The number of benzene rings is 1. The topological polar surface area (TPSA) is 77.1 Å². The molecule has 1 atom stereocenters. The number of likely N-dealkylation sites (tertiary alicyclic amines) is 1. The van der Waals surface area contributed by atoms with Crippen molar-refractivity contribution < 1.29 is 23.8 Å². The van der Waals surface area contributed by atoms with Crippen molar-refractivity contribution in [2.24, 2.45) is 0 Å². The van der Waals surface area contributed by atoms with Gasteiger partial charge in [-0.3, -0.25) is 9.59 Å². The molecular formula is C23H34N2O5. The Hall–Kier alpha value is -2.12. The highest BCUT2D eigenvalue weighted by Crippen LogP contribution is 2.24. The second kappa shape index (κ2) is 10.3. The molecular weight excluding hydrogens is 384 g/mol. The van der Waals surface area contributed by atoms with Crippen molar-refractivity contribution in [1.82, 2.24) is 10.2 Å². The fourth-order valence-electron chi connectivity index (χ4n) is 4.07. The van der Waals surface area contributed by atoms with Gasteiger partial charge >= 0.3 is 0 Å². The van der Waals surface area contributed by atoms with Crippen LogP contribution in [0.25, 0.3) is 0 Å². The normalized spacial score (nSPS) is 21.8. The molecule has 0 aromatic heterocycles. The summed E-state index contributed by atoms with van der Waals surface area (Å²) in [5.41, 5.74) is 0.433. The summed E-state index contributed by atoms with van der Waals surface area (Å²) in [6, 6.07) is 7.43. The third-order valence-electron chi connectivity index (χ3n) is 5.77. The van der Waals surface area contributed by atoms with Crippen LogP contribution in [0.1, 0.15) is 56.3 Å². The van der Waals surface area contributed by atoms with E-state index >= 15 is 0 Å². The molecule has 0 aliphatic carbocycles. The Morgan fingerprint density at radius 1 is 1.17 bits per heavy atom. The number of rotatable bonds is 7. The lowest BCUT2D eigenvalue weighted by Gasteiger charge is -2.35. The van der Waals surface area contributed by atoms with Gasteiger partial charge in [0.25, 0.3) is 5.91 Å². The van der Waals surface area contributed by atoms with Crippen molar-refractivity contribution >= 4 is 11.8 Å². The van der Waals surface area contributed by atoms with Crippen LogP contribution in [0.3, 0.4) is 0 Å². The van der Waals surface area contributed by atoms with Crippen LogP contribution in [0, 0.1) is 0 Å². The number of hydrogen-bond acceptors (Lipinski definition) is 5. The summed E-state index contributed by atoms with van der Waals surface area (Å²) in [4.78, 5) is 26.5. The van der Waals surface area contributed by atoms with Crippen molar-refractivity contribution in [3.8, 4) is 5.75 Å². The Morgan fingerprint density at radius 3 is 2.50 bits per heavy atom. The van der Waals surface area contributed by atoms with Gasteiger partial charge in [-0.15, -0.1) is 0 Å². The largest absolute Gasteiger partial charge is 0.490 e. The van der Waals surface area contributed by atoms with Crippen LogP contribution in [0.5, 0.6) is 5.75 Å². The number of hydrogen-bond donors (Lipinski definition) is 1. The fourth-order valence-corrected chi connectivity index (χ4v) is 4.07. The Balaban J connectivity index is 1.45. The molecule has 2 fully saturated rings. The van der Waals surface area contributed by atoms with E-state index in [1.807, 2.05) is 17.0 Å². The molecule has 2 aliphatic rings. The predicted molar refractivity (Wildman–Crippen MR) is 114 cm³/mol. The van der Waals surface area contributed by atoms with Crippen LogP contribution in [0.4, 0.5) is 0 Å². The first kappa shape index (κ1) is 22.6. The predicted octanol–water partition coefficient (Wildman–Crippen LogP) is 2.78. The van der Waals surface area contributed by atoms with Crippen molar-refractivity contribution in [3.05, 3.63) is 29.8 Å². The molecule has 0 bridgehead atoms. The van der Waals surface area contributed by atoms with Gasteiger partial charge in [0.05, 0.1) is 18.6 Å². The maximum absolute atomic E-state index is 12.6. The summed E-state index contributed by atoms with van der Waals surface area (Å²) in [6.45, 7) is 6.64. The Bertz CT molecular complexity index is 711. The molecule has 30 heavy (non-hydrogen) atoms. The molecule has 3 rings (SSSR count). The van der Waals surface area contributed by atoms with E-state index in [0.29, 0.717) is 38.3 Å². The van der Waals surface area contributed by atoms with Gasteiger partial charge in [-0.05, 0) is 51.0 Å². The molecule has 2 saturated heterocycles. The second-order valence-electron chi connectivity index (χ2n) is 8.74. The van der Waals surface area contributed by atoms with Crippen molar-refractivity contribution in [2.75, 3.05) is 33.4 Å². The zero-order valence-electron chi connectivity index (χ0n) is 18.3. The minimum atomic E-state index is -0.197. The minimum absolute atomic E-state index is 0.0628. The second-order valence-corrected chi connectivity index (χ2v) is 8.74. The number of methoxy groups -OCH3 is 1. The molecule has 0 unspecified atom stereocenters. The van der Waals surface area contributed by atoms with E-state index in [1.54, 1.807) is 19.2 Å². The summed E-state index contributed by atoms with van der Waals surface area (Å²) in [5.74, 6) is 0.827. The zero-order valence-corrected chi connectivity index (χ0v) is 18.3. The maximum atomic E-state index is 12.6. The number of piperidine rings is 1. The van der Waals surface area contributed by atoms with Gasteiger partial charge in [-0.25, -0.2) is 0 Å². The van der Waals surface area contributed by atoms with Gasteiger partial charge in [0.15, 0.2) is 0 Å². The lowest BCUT2D eigenvalue weighted by molar-refractivity contribution is -0.133. The number of amides is 2. The van der Waals surface area contributed by atoms with E-state index < -0.39 is 0 Å². The van der Waals surface area contributed by atoms with E-state index in [-0.39, 0.29) is 29.6 Å². The Labute approximate surface area is 179 Å². The van der Waals surface area contributed by atoms with E-state index in [0.717, 1.165) is 31.4 Å². The molecule has 1 N–H and O–H groups in total. The van der Waals surface area contributed by atoms with Crippen LogP contribution < -0.4 is 10.1 Å². The van der Waals surface area contributed by atoms with E-state index in [1.165, 1.54) is 0 Å². The average molecular weight is 419 g/mol. The van der Waals surface area contributed by atoms with Gasteiger partial charge in [-0.1, -0.05) is 0 Å². The van der Waals surface area contributed by atoms with Crippen molar-refractivity contribution in [1.29, 1.82) is 0 Å². The quantitative estimate of drug-likeness (QED) is 0.737. The molecule has 2 heterocycles. The van der Waals surface area contributed by atoms with Crippen LogP contribution in [0.2, 0.25) is 0 Å². The van der Waals surface area contributed by atoms with E-state index in [2.05, 4.69) is 19.2 Å². The lowest BCUT2D eigenvalue weighted by atomic mass is 9.94. The minimum Gasteiger partial charge on any atom is -0.490 e. The lowest BCUT2D eigenvalue weighted by Crippen LogP contribution is -2.45. The van der Waals surface area contributed by atoms with Crippen molar-refractivity contribution in [2.45, 2.75) is 63.7 Å². The highest BCUT2D eigenvalue weighted by molar-refractivity contribution is 5.94. The van der Waals surface area contributed by atoms with Gasteiger partial charge in [-0.2, -0.15) is 0 Å². The first-order valence-corrected chi connectivity index (χ1v) is 10.8. The number of carbonyl (C=O) groups excluding carboxylic acids is 2. The van der Waals surface area contributed by atoms with E-state index in [9.17, 15) is 9.59 Å². The molecule has 7 nitrogen and oxygen atoms in total. The Morgan fingerprint density at radius 2 is 1.87 bits per heavy atom. The first-order chi connectivity index (χ1) is 14.4. The van der Waals surface area contributed by atoms with Crippen LogP contribution in [-0.4, -0.2) is 67.9 Å². The van der Waals surface area contributed by atoms with Crippen LogP contribution in [0.15, 0.2) is 24.3 Å². The molecule has 2 amide bonds. The summed E-state index contributed by atoms with van der Waals surface area (Å²) >= 11 is 0. The summed E-state index contributed by atoms with van der Waals surface area (Å²) < 4.78 is 16.8. The van der Waals surface area contributed by atoms with E-state index in [4.69, 9.17) is 14.2 Å². The standard InChI is InChI=1S/C23H34N2O5/c1-23(2)16-18(10-15-29-23)24-22(27)17-4-6-19(7-5-17)30-20-8-12-25(13-9-20)21(26)11-14-28-3/h4-7,18,20H,8-16H2,1-3H3,(H,24,27)/t18-/m0/s1. The van der Waals surface area contributed by atoms with Gasteiger partial charge < -0.3 is 24.4 Å². The molecule has 166 valence electrons. The number of nitrogens with one attached hydrogen (secondary N) is 1. The first-order valence-electron chi connectivity index (χ1n) is 10.8. The van der Waals surface area contributed by atoms with Crippen LogP contribution in [-0.2, 0) is 14.3 Å². The molecule has 1 aromatic rings. The highest BCUT2D eigenvalue weighted by atomic mass is 16.5. The molecule has 2 aliphatic heterocycles. The fraction of sp³-hybridized carbons (Fsp3) is 0.652.